The van der Waals surface area contributed by atoms with E-state index in [0.717, 1.165) is 5.56 Å². The molecule has 0 saturated carbocycles. The van der Waals surface area contributed by atoms with Crippen LogP contribution in [0.25, 0.3) is 10.9 Å². The van der Waals surface area contributed by atoms with Gasteiger partial charge in [0.1, 0.15) is 6.54 Å². The topological polar surface area (TPSA) is 129 Å². The van der Waals surface area contributed by atoms with E-state index in [2.05, 4.69) is 15.5 Å². The van der Waals surface area contributed by atoms with Crippen molar-refractivity contribution in [3.63, 3.8) is 0 Å². The number of hydrogen-bond donors (Lipinski definition) is 4. The fourth-order valence-corrected chi connectivity index (χ4v) is 2.70. The highest BCUT2D eigenvalue weighted by Gasteiger charge is 2.18. The Morgan fingerprint density at radius 2 is 2.04 bits per heavy atom. The van der Waals surface area contributed by atoms with Gasteiger partial charge in [0.05, 0.1) is 5.52 Å². The number of azo groups is 1. The molecular weight excluding hydrogens is 332 g/mol. The summed E-state index contributed by atoms with van der Waals surface area (Å²) in [4.78, 5) is 12.4. The Morgan fingerprint density at radius 1 is 1.27 bits per heavy atom. The van der Waals surface area contributed by atoms with Crippen molar-refractivity contribution in [1.82, 2.24) is 4.57 Å². The predicted octanol–water partition coefficient (Wildman–Crippen LogP) is 3.27. The summed E-state index contributed by atoms with van der Waals surface area (Å²) in [5.74, 6) is -0.976. The molecule has 0 saturated heterocycles. The van der Waals surface area contributed by atoms with Gasteiger partial charge < -0.3 is 20.7 Å². The standard InChI is InChI=1S/C18H18N6O2/c1-11-5-4-6-12(9-11)21-15(25)10-24-14-8-3-2-7-13(14)16(17(24)26)22-23-18(19)20/h2-9,26H,10H2,1H3,(H3,19,20)(H,21,25). The monoisotopic (exact) mass is 350 g/mol. The molecule has 0 aliphatic heterocycles. The van der Waals surface area contributed by atoms with E-state index in [0.29, 0.717) is 16.6 Å². The number of para-hydroxylation sites is 1. The SMILES string of the molecule is Cc1cccc(NC(=O)Cn2c(O)c(N=NC(=N)N)c3ccccc32)c1. The summed E-state index contributed by atoms with van der Waals surface area (Å²) in [6.07, 6.45) is 0. The van der Waals surface area contributed by atoms with Crippen LogP contribution in [0.15, 0.2) is 58.8 Å². The van der Waals surface area contributed by atoms with Crippen molar-refractivity contribution < 1.29 is 9.90 Å². The molecule has 8 nitrogen and oxygen atoms in total. The van der Waals surface area contributed by atoms with Gasteiger partial charge in [-0.1, -0.05) is 30.3 Å². The molecule has 0 fully saturated rings. The van der Waals surface area contributed by atoms with Gasteiger partial charge in [0.25, 0.3) is 0 Å². The number of nitrogens with zero attached hydrogens (tertiary/aromatic N) is 3. The maximum Gasteiger partial charge on any atom is 0.244 e. The lowest BCUT2D eigenvalue weighted by atomic mass is 10.2. The maximum absolute atomic E-state index is 12.4. The van der Waals surface area contributed by atoms with Crippen LogP contribution in [0.1, 0.15) is 5.56 Å². The van der Waals surface area contributed by atoms with Crippen molar-refractivity contribution in [3.8, 4) is 5.88 Å². The molecule has 26 heavy (non-hydrogen) atoms. The smallest absolute Gasteiger partial charge is 0.244 e. The third kappa shape index (κ3) is 3.54. The van der Waals surface area contributed by atoms with Crippen molar-refractivity contribution >= 4 is 34.1 Å². The lowest BCUT2D eigenvalue weighted by Crippen LogP contribution is -2.18. The Hall–Kier alpha value is -3.68. The number of rotatable bonds is 4. The maximum atomic E-state index is 12.4. The quantitative estimate of drug-likeness (QED) is 0.327. The number of aryl methyl sites for hydroxylation is 1. The molecule has 3 rings (SSSR count). The van der Waals surface area contributed by atoms with Crippen LogP contribution < -0.4 is 11.1 Å². The fourth-order valence-electron chi connectivity index (χ4n) is 2.70. The predicted molar refractivity (Wildman–Crippen MR) is 99.8 cm³/mol. The molecule has 5 N–H and O–H groups in total. The van der Waals surface area contributed by atoms with E-state index in [-0.39, 0.29) is 24.0 Å². The number of nitrogens with two attached hydrogens (primary N) is 1. The summed E-state index contributed by atoms with van der Waals surface area (Å²) in [6, 6.07) is 14.5. The first-order chi connectivity index (χ1) is 12.5. The number of aromatic hydroxyl groups is 1. The van der Waals surface area contributed by atoms with Gasteiger partial charge in [0.2, 0.25) is 17.7 Å². The lowest BCUT2D eigenvalue weighted by Gasteiger charge is -2.09. The summed E-state index contributed by atoms with van der Waals surface area (Å²) in [5.41, 5.74) is 7.70. The minimum absolute atomic E-state index is 0.101. The molecule has 8 heteroatoms. The third-order valence-corrected chi connectivity index (χ3v) is 3.78. The second kappa shape index (κ2) is 7.06. The second-order valence-corrected chi connectivity index (χ2v) is 5.78. The molecule has 0 unspecified atom stereocenters. The molecule has 132 valence electrons. The van der Waals surface area contributed by atoms with Crippen LogP contribution in [0.2, 0.25) is 0 Å². The number of anilines is 1. The van der Waals surface area contributed by atoms with Gasteiger partial charge in [-0.15, -0.1) is 10.2 Å². The number of carbonyl (C=O) groups is 1. The molecular formula is C18H18N6O2. The summed E-state index contributed by atoms with van der Waals surface area (Å²) in [5, 5.41) is 28.4. The molecule has 0 aliphatic rings. The minimum atomic E-state index is -0.474. The van der Waals surface area contributed by atoms with Crippen LogP contribution in [0.5, 0.6) is 5.88 Å². The van der Waals surface area contributed by atoms with Crippen LogP contribution in [0.3, 0.4) is 0 Å². The van der Waals surface area contributed by atoms with Gasteiger partial charge in [-0.25, -0.2) is 0 Å². The van der Waals surface area contributed by atoms with E-state index in [1.165, 1.54) is 4.57 Å². The van der Waals surface area contributed by atoms with Crippen molar-refractivity contribution in [2.45, 2.75) is 13.5 Å². The minimum Gasteiger partial charge on any atom is -0.493 e. The van der Waals surface area contributed by atoms with Crippen LogP contribution in [0.4, 0.5) is 11.4 Å². The van der Waals surface area contributed by atoms with Crippen molar-refractivity contribution in [1.29, 1.82) is 5.41 Å². The first-order valence-corrected chi connectivity index (χ1v) is 7.88. The van der Waals surface area contributed by atoms with Crippen LogP contribution >= 0.6 is 0 Å². The molecule has 0 bridgehead atoms. The first kappa shape index (κ1) is 17.2. The number of benzene rings is 2. The Balaban J connectivity index is 1.93. The van der Waals surface area contributed by atoms with E-state index in [4.69, 9.17) is 11.1 Å². The molecule has 1 heterocycles. The van der Waals surface area contributed by atoms with E-state index < -0.39 is 5.96 Å². The van der Waals surface area contributed by atoms with Crippen LogP contribution in [-0.4, -0.2) is 21.5 Å². The molecule has 0 spiro atoms. The molecule has 2 aromatic carbocycles. The molecule has 0 radical (unpaired) electrons. The number of hydrogen-bond acceptors (Lipinski definition) is 4. The van der Waals surface area contributed by atoms with Crippen LogP contribution in [-0.2, 0) is 11.3 Å². The number of aromatic nitrogens is 1. The van der Waals surface area contributed by atoms with E-state index in [1.54, 1.807) is 30.3 Å². The highest BCUT2D eigenvalue weighted by atomic mass is 16.3. The highest BCUT2D eigenvalue weighted by Crippen LogP contribution is 2.38. The zero-order valence-corrected chi connectivity index (χ0v) is 14.1. The highest BCUT2D eigenvalue weighted by molar-refractivity contribution is 5.98. The van der Waals surface area contributed by atoms with Gasteiger partial charge in [-0.05, 0) is 30.7 Å². The first-order valence-electron chi connectivity index (χ1n) is 7.88. The Bertz CT molecular complexity index is 1020. The van der Waals surface area contributed by atoms with E-state index in [9.17, 15) is 9.90 Å². The molecule has 3 aromatic rings. The average Bonchev–Trinajstić information content (AvgIpc) is 2.85. The van der Waals surface area contributed by atoms with Gasteiger partial charge in [0.15, 0.2) is 5.69 Å². The Labute approximate surface area is 149 Å². The summed E-state index contributed by atoms with van der Waals surface area (Å²) in [7, 11) is 0. The second-order valence-electron chi connectivity index (χ2n) is 5.78. The van der Waals surface area contributed by atoms with Gasteiger partial charge >= 0.3 is 0 Å². The van der Waals surface area contributed by atoms with Crippen LogP contribution in [0, 0.1) is 12.3 Å². The summed E-state index contributed by atoms with van der Waals surface area (Å²) < 4.78 is 1.44. The fraction of sp³-hybridized carbons (Fsp3) is 0.111. The number of fused-ring (bicyclic) bond motifs is 1. The molecule has 1 amide bonds. The molecule has 0 aliphatic carbocycles. The third-order valence-electron chi connectivity index (χ3n) is 3.78. The number of guanidine groups is 1. The zero-order chi connectivity index (χ0) is 18.7. The summed E-state index contributed by atoms with van der Waals surface area (Å²) in [6.45, 7) is 1.84. The van der Waals surface area contributed by atoms with E-state index >= 15 is 0 Å². The number of amides is 1. The summed E-state index contributed by atoms with van der Waals surface area (Å²) >= 11 is 0. The normalized spacial score (nSPS) is 11.1. The van der Waals surface area contributed by atoms with Crippen molar-refractivity contribution in [2.75, 3.05) is 5.32 Å². The lowest BCUT2D eigenvalue weighted by molar-refractivity contribution is -0.116. The number of nitrogens with one attached hydrogen (secondary N) is 2. The average molecular weight is 350 g/mol. The molecule has 0 atom stereocenters. The van der Waals surface area contributed by atoms with Crippen molar-refractivity contribution in [2.24, 2.45) is 16.0 Å². The Morgan fingerprint density at radius 3 is 2.77 bits per heavy atom. The zero-order valence-electron chi connectivity index (χ0n) is 14.1. The van der Waals surface area contributed by atoms with Gasteiger partial charge in [0, 0.05) is 11.1 Å². The molecule has 1 aromatic heterocycles. The van der Waals surface area contributed by atoms with Crippen molar-refractivity contribution in [3.05, 3.63) is 54.1 Å². The van der Waals surface area contributed by atoms with Gasteiger partial charge in [-0.2, -0.15) is 0 Å². The Kier molecular flexibility index (Phi) is 4.66. The number of carbonyl (C=O) groups excluding carboxylic acids is 1. The largest absolute Gasteiger partial charge is 0.493 e. The van der Waals surface area contributed by atoms with Gasteiger partial charge in [-0.3, -0.25) is 10.2 Å². The van der Waals surface area contributed by atoms with E-state index in [1.807, 2.05) is 25.1 Å².